The number of hydrogen-bond acceptors (Lipinski definition) is 7. The van der Waals surface area contributed by atoms with Crippen molar-refractivity contribution in [1.29, 1.82) is 0 Å². The summed E-state index contributed by atoms with van der Waals surface area (Å²) < 4.78 is 6.81. The van der Waals surface area contributed by atoms with E-state index in [1.807, 2.05) is 0 Å². The molecule has 8 nitrogen and oxygen atoms in total. The Labute approximate surface area is 201 Å². The number of aryl methyl sites for hydroxylation is 2. The third-order valence-electron chi connectivity index (χ3n) is 6.53. The maximum Gasteiger partial charge on any atom is 0.321 e. The van der Waals surface area contributed by atoms with Crippen molar-refractivity contribution in [1.82, 2.24) is 20.2 Å². The van der Waals surface area contributed by atoms with Gasteiger partial charge in [0.25, 0.3) is 5.56 Å². The maximum absolute atomic E-state index is 13.3. The number of thiophene rings is 1. The van der Waals surface area contributed by atoms with Gasteiger partial charge in [-0.15, -0.1) is 11.3 Å². The van der Waals surface area contributed by atoms with Gasteiger partial charge in [0, 0.05) is 31.2 Å². The minimum Gasteiger partial charge on any atom is -0.385 e. The summed E-state index contributed by atoms with van der Waals surface area (Å²) in [5, 5.41) is 6.62. The average molecular weight is 493 g/mol. The molecule has 0 saturated heterocycles. The monoisotopic (exact) mass is 492 g/mol. The van der Waals surface area contributed by atoms with E-state index >= 15 is 0 Å². The number of amides is 3. The molecular formula is C23H32N4O4S2. The van der Waals surface area contributed by atoms with Gasteiger partial charge in [-0.2, -0.15) is 0 Å². The lowest BCUT2D eigenvalue weighted by molar-refractivity contribution is -0.117. The number of carbonyl (C=O) groups excluding carboxylic acids is 2. The highest BCUT2D eigenvalue weighted by Crippen LogP contribution is 2.35. The van der Waals surface area contributed by atoms with Crippen LogP contribution in [0.25, 0.3) is 10.2 Å². The van der Waals surface area contributed by atoms with Crippen molar-refractivity contribution < 1.29 is 14.3 Å². The number of hydrogen-bond donors (Lipinski definition) is 2. The molecule has 2 aromatic rings. The second kappa shape index (κ2) is 11.0. The number of ether oxygens (including phenoxy) is 1. The van der Waals surface area contributed by atoms with Gasteiger partial charge < -0.3 is 10.1 Å². The van der Waals surface area contributed by atoms with Crippen molar-refractivity contribution in [2.45, 2.75) is 76.0 Å². The van der Waals surface area contributed by atoms with Crippen LogP contribution in [-0.2, 0) is 28.9 Å². The molecule has 0 aromatic carbocycles. The molecule has 33 heavy (non-hydrogen) atoms. The first-order chi connectivity index (χ1) is 16.0. The summed E-state index contributed by atoms with van der Waals surface area (Å²) in [5.41, 5.74) is 1.11. The molecule has 0 unspecified atom stereocenters. The standard InChI is InChI=1S/C23H32N4O4S2/c1-14-7-3-4-9-16(14)24-22(30)25-18(28)13-32-23-26-20-19(15-8-5-10-17(15)33-20)21(29)27(23)11-6-12-31-2/h14,16H,3-13H2,1-2H3,(H2,24,25,28,30)/t14-,16+/m0/s1. The van der Waals surface area contributed by atoms with Crippen LogP contribution in [0.4, 0.5) is 4.79 Å². The fourth-order valence-electron chi connectivity index (χ4n) is 4.76. The highest BCUT2D eigenvalue weighted by atomic mass is 32.2. The van der Waals surface area contributed by atoms with Crippen LogP contribution in [0, 0.1) is 5.92 Å². The molecule has 0 spiro atoms. The number of fused-ring (bicyclic) bond motifs is 3. The Morgan fingerprint density at radius 2 is 2.06 bits per heavy atom. The van der Waals surface area contributed by atoms with Gasteiger partial charge in [0.05, 0.1) is 11.1 Å². The number of rotatable bonds is 8. The van der Waals surface area contributed by atoms with Gasteiger partial charge in [0.2, 0.25) is 5.91 Å². The van der Waals surface area contributed by atoms with Gasteiger partial charge in [-0.05, 0) is 50.0 Å². The number of nitrogens with one attached hydrogen (secondary N) is 2. The third kappa shape index (κ3) is 5.60. The van der Waals surface area contributed by atoms with E-state index in [0.29, 0.717) is 30.6 Å². The first-order valence-electron chi connectivity index (χ1n) is 11.7. The van der Waals surface area contributed by atoms with E-state index in [2.05, 4.69) is 17.6 Å². The summed E-state index contributed by atoms with van der Waals surface area (Å²) >= 11 is 2.79. The highest BCUT2D eigenvalue weighted by molar-refractivity contribution is 7.99. The Bertz CT molecular complexity index is 1080. The van der Waals surface area contributed by atoms with E-state index in [-0.39, 0.29) is 17.4 Å². The summed E-state index contributed by atoms with van der Waals surface area (Å²) in [6.07, 6.45) is 8.01. The third-order valence-corrected chi connectivity index (χ3v) is 8.70. The fourth-order valence-corrected chi connectivity index (χ4v) is 6.89. The number of methoxy groups -OCH3 is 1. The van der Waals surface area contributed by atoms with E-state index in [1.165, 1.54) is 23.1 Å². The smallest absolute Gasteiger partial charge is 0.321 e. The summed E-state index contributed by atoms with van der Waals surface area (Å²) in [6.45, 7) is 3.15. The van der Waals surface area contributed by atoms with Crippen LogP contribution in [-0.4, -0.2) is 47.0 Å². The van der Waals surface area contributed by atoms with Crippen LogP contribution >= 0.6 is 23.1 Å². The Morgan fingerprint density at radius 1 is 1.24 bits per heavy atom. The Kier molecular flexibility index (Phi) is 8.08. The Hall–Kier alpha value is -1.91. The molecule has 2 aliphatic rings. The van der Waals surface area contributed by atoms with Gasteiger partial charge in [-0.3, -0.25) is 19.5 Å². The predicted octanol–water partition coefficient (Wildman–Crippen LogP) is 3.48. The number of imide groups is 1. The van der Waals surface area contributed by atoms with Crippen molar-refractivity contribution in [3.05, 3.63) is 20.8 Å². The molecule has 4 rings (SSSR count). The summed E-state index contributed by atoms with van der Waals surface area (Å²) in [7, 11) is 1.63. The topological polar surface area (TPSA) is 102 Å². The second-order valence-corrected chi connectivity index (χ2v) is 10.9. The summed E-state index contributed by atoms with van der Waals surface area (Å²) in [6, 6.07) is -0.343. The first-order valence-corrected chi connectivity index (χ1v) is 13.5. The van der Waals surface area contributed by atoms with Crippen LogP contribution in [0.15, 0.2) is 9.95 Å². The van der Waals surface area contributed by atoms with Crippen LogP contribution in [0.5, 0.6) is 0 Å². The zero-order valence-electron chi connectivity index (χ0n) is 19.3. The van der Waals surface area contributed by atoms with E-state index in [1.54, 1.807) is 23.0 Å². The van der Waals surface area contributed by atoms with Crippen LogP contribution in [0.1, 0.15) is 55.9 Å². The lowest BCUT2D eigenvalue weighted by Crippen LogP contribution is -2.48. The van der Waals surface area contributed by atoms with Crippen molar-refractivity contribution in [3.8, 4) is 0 Å². The van der Waals surface area contributed by atoms with Crippen molar-refractivity contribution >= 4 is 45.3 Å². The Balaban J connectivity index is 1.44. The molecule has 2 aliphatic carbocycles. The van der Waals surface area contributed by atoms with Crippen molar-refractivity contribution in [2.24, 2.45) is 5.92 Å². The molecule has 3 amide bonds. The summed E-state index contributed by atoms with van der Waals surface area (Å²) in [5.74, 6) is 0.0345. The lowest BCUT2D eigenvalue weighted by atomic mass is 9.86. The minimum atomic E-state index is -0.449. The second-order valence-electron chi connectivity index (χ2n) is 8.91. The fraction of sp³-hybridized carbons (Fsp3) is 0.652. The number of thioether (sulfide) groups is 1. The molecule has 0 aliphatic heterocycles. The number of urea groups is 1. The van der Waals surface area contributed by atoms with Gasteiger partial charge in [0.15, 0.2) is 5.16 Å². The normalized spacial score (nSPS) is 20.1. The predicted molar refractivity (Wildman–Crippen MR) is 131 cm³/mol. The van der Waals surface area contributed by atoms with Crippen molar-refractivity contribution in [3.63, 3.8) is 0 Å². The molecule has 180 valence electrons. The zero-order chi connectivity index (χ0) is 23.4. The molecule has 2 heterocycles. The van der Waals surface area contributed by atoms with E-state index in [4.69, 9.17) is 9.72 Å². The summed E-state index contributed by atoms with van der Waals surface area (Å²) in [4.78, 5) is 44.9. The lowest BCUT2D eigenvalue weighted by Gasteiger charge is -2.29. The van der Waals surface area contributed by atoms with E-state index < -0.39 is 11.9 Å². The van der Waals surface area contributed by atoms with Crippen LogP contribution in [0.2, 0.25) is 0 Å². The quantitative estimate of drug-likeness (QED) is 0.332. The number of nitrogens with zero attached hydrogens (tertiary/aromatic N) is 2. The molecule has 1 saturated carbocycles. The number of carbonyl (C=O) groups is 2. The average Bonchev–Trinajstić information content (AvgIpc) is 3.36. The molecule has 1 fully saturated rings. The largest absolute Gasteiger partial charge is 0.385 e. The molecule has 2 aromatic heterocycles. The maximum atomic E-state index is 13.3. The van der Waals surface area contributed by atoms with Crippen molar-refractivity contribution in [2.75, 3.05) is 19.5 Å². The first kappa shape index (κ1) is 24.2. The molecule has 2 N–H and O–H groups in total. The van der Waals surface area contributed by atoms with Crippen LogP contribution < -0.4 is 16.2 Å². The van der Waals surface area contributed by atoms with Gasteiger partial charge in [0.1, 0.15) is 4.83 Å². The molecule has 10 heteroatoms. The minimum absolute atomic E-state index is 0.0148. The van der Waals surface area contributed by atoms with E-state index in [9.17, 15) is 14.4 Å². The number of aromatic nitrogens is 2. The Morgan fingerprint density at radius 3 is 2.85 bits per heavy atom. The van der Waals surface area contributed by atoms with Gasteiger partial charge in [-0.25, -0.2) is 9.78 Å². The molecule has 2 atom stereocenters. The van der Waals surface area contributed by atoms with Gasteiger partial charge in [-0.1, -0.05) is 31.5 Å². The molecule has 0 bridgehead atoms. The van der Waals surface area contributed by atoms with Gasteiger partial charge >= 0.3 is 6.03 Å². The SMILES string of the molecule is COCCCn1c(SCC(=O)NC(=O)N[C@@H]2CCCC[C@@H]2C)nc2sc3c(c2c1=O)CCC3. The van der Waals surface area contributed by atoms with E-state index in [0.717, 1.165) is 54.3 Å². The van der Waals surface area contributed by atoms with Crippen LogP contribution in [0.3, 0.4) is 0 Å². The molecule has 0 radical (unpaired) electrons. The molecular weight excluding hydrogens is 460 g/mol. The highest BCUT2D eigenvalue weighted by Gasteiger charge is 2.25. The zero-order valence-corrected chi connectivity index (χ0v) is 20.9.